The Kier molecular flexibility index (Phi) is 5.66. The van der Waals surface area contributed by atoms with Crippen molar-refractivity contribution >= 4 is 5.97 Å². The molecule has 0 spiro atoms. The Morgan fingerprint density at radius 2 is 2.08 bits per heavy atom. The van der Waals surface area contributed by atoms with Gasteiger partial charge in [-0.25, -0.2) is 0 Å². The molecule has 0 radical (unpaired) electrons. The first-order chi connectivity index (χ1) is 5.54. The second-order valence-corrected chi connectivity index (χ2v) is 2.90. The van der Waals surface area contributed by atoms with Gasteiger partial charge in [0, 0.05) is 19.4 Å². The van der Waals surface area contributed by atoms with Crippen molar-refractivity contribution in [3.8, 4) is 0 Å². The lowest BCUT2D eigenvalue weighted by Gasteiger charge is -2.23. The van der Waals surface area contributed by atoms with Gasteiger partial charge in [-0.05, 0) is 12.8 Å². The molecular weight excluding hydrogens is 160 g/mol. The van der Waals surface area contributed by atoms with Crippen LogP contribution in [0.1, 0.15) is 26.7 Å². The Hall–Kier alpha value is -0.610. The van der Waals surface area contributed by atoms with Crippen LogP contribution in [0.4, 0.5) is 0 Å². The Bertz CT molecular complexity index is 121. The van der Waals surface area contributed by atoms with Crippen molar-refractivity contribution in [3.05, 3.63) is 0 Å². The molecule has 4 heteroatoms. The van der Waals surface area contributed by atoms with Gasteiger partial charge in [0.05, 0.1) is 0 Å². The Morgan fingerprint density at radius 1 is 1.58 bits per heavy atom. The summed E-state index contributed by atoms with van der Waals surface area (Å²) in [6, 6.07) is 0. The molecule has 1 rings (SSSR count). The normalized spacial score (nSPS) is 28.6. The molecule has 0 aromatic heterocycles. The van der Waals surface area contributed by atoms with Gasteiger partial charge in [0.15, 0.2) is 6.29 Å². The molecule has 0 amide bonds. The summed E-state index contributed by atoms with van der Waals surface area (Å²) < 4.78 is 4.95. The average molecular weight is 176 g/mol. The third-order valence-electron chi connectivity index (χ3n) is 1.58. The fourth-order valence-corrected chi connectivity index (χ4v) is 0.916. The Balaban J connectivity index is 0.000000261. The number of carboxylic acid groups (broad SMARTS) is 1. The molecule has 2 unspecified atom stereocenters. The third-order valence-corrected chi connectivity index (χ3v) is 1.58. The van der Waals surface area contributed by atoms with Gasteiger partial charge in [0.25, 0.3) is 5.97 Å². The molecular formula is C8H16O4. The zero-order valence-electron chi connectivity index (χ0n) is 7.49. The van der Waals surface area contributed by atoms with Gasteiger partial charge in [-0.15, -0.1) is 0 Å². The number of aliphatic hydroxyl groups is 1. The van der Waals surface area contributed by atoms with E-state index in [0.29, 0.717) is 5.92 Å². The van der Waals surface area contributed by atoms with E-state index in [2.05, 4.69) is 0 Å². The molecule has 1 heterocycles. The van der Waals surface area contributed by atoms with Crippen LogP contribution in [-0.4, -0.2) is 29.1 Å². The van der Waals surface area contributed by atoms with Gasteiger partial charge in [0.1, 0.15) is 0 Å². The quantitative estimate of drug-likeness (QED) is 0.574. The summed E-state index contributed by atoms with van der Waals surface area (Å²) in [6.07, 6.45) is 1.70. The molecule has 0 aromatic rings. The van der Waals surface area contributed by atoms with E-state index in [-0.39, 0.29) is 0 Å². The summed E-state index contributed by atoms with van der Waals surface area (Å²) >= 11 is 0. The Labute approximate surface area is 72.2 Å². The van der Waals surface area contributed by atoms with Crippen LogP contribution in [0.15, 0.2) is 0 Å². The summed E-state index contributed by atoms with van der Waals surface area (Å²) in [6.45, 7) is 3.81. The number of carboxylic acids is 1. The van der Waals surface area contributed by atoms with E-state index in [0.717, 1.165) is 26.4 Å². The molecule has 1 aliphatic heterocycles. The topological polar surface area (TPSA) is 66.8 Å². The smallest absolute Gasteiger partial charge is 0.300 e. The van der Waals surface area contributed by atoms with Crippen LogP contribution >= 0.6 is 0 Å². The average Bonchev–Trinajstić information content (AvgIpc) is 1.94. The summed E-state index contributed by atoms with van der Waals surface area (Å²) in [5, 5.41) is 16.4. The number of ether oxygens (including phenoxy) is 1. The number of aliphatic carboxylic acids is 1. The Morgan fingerprint density at radius 3 is 2.33 bits per heavy atom. The molecule has 0 aliphatic carbocycles. The fraction of sp³-hybridized carbons (Fsp3) is 0.875. The zero-order valence-corrected chi connectivity index (χ0v) is 7.49. The van der Waals surface area contributed by atoms with E-state index in [1.807, 2.05) is 6.92 Å². The molecule has 0 aromatic carbocycles. The summed E-state index contributed by atoms with van der Waals surface area (Å²) in [4.78, 5) is 9.00. The van der Waals surface area contributed by atoms with E-state index < -0.39 is 12.3 Å². The molecule has 2 atom stereocenters. The maximum Gasteiger partial charge on any atom is 0.300 e. The van der Waals surface area contributed by atoms with Crippen molar-refractivity contribution in [3.63, 3.8) is 0 Å². The largest absolute Gasteiger partial charge is 0.481 e. The number of carbonyl (C=O) groups is 1. The molecule has 72 valence electrons. The molecule has 0 bridgehead atoms. The summed E-state index contributed by atoms with van der Waals surface area (Å²) in [5.74, 6) is -0.497. The van der Waals surface area contributed by atoms with Crippen molar-refractivity contribution in [2.24, 2.45) is 5.92 Å². The summed E-state index contributed by atoms with van der Waals surface area (Å²) in [5.41, 5.74) is 0. The number of hydrogen-bond acceptors (Lipinski definition) is 3. The van der Waals surface area contributed by atoms with Gasteiger partial charge in [-0.2, -0.15) is 0 Å². The molecule has 12 heavy (non-hydrogen) atoms. The molecule has 1 fully saturated rings. The second-order valence-electron chi connectivity index (χ2n) is 2.90. The minimum Gasteiger partial charge on any atom is -0.481 e. The third kappa shape index (κ3) is 6.12. The molecule has 1 aliphatic rings. The summed E-state index contributed by atoms with van der Waals surface area (Å²) in [7, 11) is 0. The van der Waals surface area contributed by atoms with Crippen LogP contribution < -0.4 is 0 Å². The van der Waals surface area contributed by atoms with Crippen molar-refractivity contribution in [1.29, 1.82) is 0 Å². The van der Waals surface area contributed by atoms with E-state index in [1.165, 1.54) is 0 Å². The number of rotatable bonds is 0. The van der Waals surface area contributed by atoms with Crippen LogP contribution in [0, 0.1) is 5.92 Å². The first-order valence-corrected chi connectivity index (χ1v) is 4.03. The van der Waals surface area contributed by atoms with Crippen LogP contribution in [-0.2, 0) is 9.53 Å². The maximum absolute atomic E-state index is 9.00. The maximum atomic E-state index is 9.00. The molecule has 4 nitrogen and oxygen atoms in total. The monoisotopic (exact) mass is 176 g/mol. The van der Waals surface area contributed by atoms with Gasteiger partial charge in [0.2, 0.25) is 0 Å². The lowest BCUT2D eigenvalue weighted by atomic mass is 10.0. The van der Waals surface area contributed by atoms with E-state index in [1.54, 1.807) is 0 Å². The highest BCUT2D eigenvalue weighted by Gasteiger charge is 2.18. The minimum absolute atomic E-state index is 0.337. The lowest BCUT2D eigenvalue weighted by molar-refractivity contribution is -0.153. The SMILES string of the molecule is CC(=O)O.CC1CCCOC1O. The second kappa shape index (κ2) is 5.97. The van der Waals surface area contributed by atoms with Crippen molar-refractivity contribution < 1.29 is 19.7 Å². The molecule has 0 saturated carbocycles. The van der Waals surface area contributed by atoms with Crippen molar-refractivity contribution in [2.75, 3.05) is 6.61 Å². The highest BCUT2D eigenvalue weighted by molar-refractivity contribution is 5.62. The van der Waals surface area contributed by atoms with Crippen molar-refractivity contribution in [1.82, 2.24) is 0 Å². The van der Waals surface area contributed by atoms with Crippen LogP contribution in [0.5, 0.6) is 0 Å². The van der Waals surface area contributed by atoms with E-state index in [4.69, 9.17) is 19.7 Å². The fourth-order valence-electron chi connectivity index (χ4n) is 0.916. The van der Waals surface area contributed by atoms with Crippen LogP contribution in [0.2, 0.25) is 0 Å². The minimum atomic E-state index is -0.833. The first-order valence-electron chi connectivity index (χ1n) is 4.03. The lowest BCUT2D eigenvalue weighted by Crippen LogP contribution is -2.26. The molecule has 2 N–H and O–H groups in total. The predicted octanol–water partition coefficient (Wildman–Crippen LogP) is 0.842. The van der Waals surface area contributed by atoms with Crippen molar-refractivity contribution in [2.45, 2.75) is 33.0 Å². The van der Waals surface area contributed by atoms with Gasteiger partial charge < -0.3 is 14.9 Å². The van der Waals surface area contributed by atoms with Gasteiger partial charge in [-0.1, -0.05) is 6.92 Å². The highest BCUT2D eigenvalue weighted by atomic mass is 16.6. The van der Waals surface area contributed by atoms with E-state index in [9.17, 15) is 0 Å². The standard InChI is InChI=1S/C6H12O2.C2H4O2/c1-5-3-2-4-8-6(5)7;1-2(3)4/h5-7H,2-4H2,1H3;1H3,(H,3,4). The zero-order chi connectivity index (χ0) is 9.56. The number of aliphatic hydroxyl groups excluding tert-OH is 1. The predicted molar refractivity (Wildman–Crippen MR) is 43.7 cm³/mol. The number of hydrogen-bond donors (Lipinski definition) is 2. The first kappa shape index (κ1) is 11.4. The van der Waals surface area contributed by atoms with Crippen LogP contribution in [0.25, 0.3) is 0 Å². The van der Waals surface area contributed by atoms with Crippen LogP contribution in [0.3, 0.4) is 0 Å². The van der Waals surface area contributed by atoms with Gasteiger partial charge in [-0.3, -0.25) is 4.79 Å². The van der Waals surface area contributed by atoms with E-state index >= 15 is 0 Å². The molecule has 1 saturated heterocycles. The van der Waals surface area contributed by atoms with Gasteiger partial charge >= 0.3 is 0 Å². The highest BCUT2D eigenvalue weighted by Crippen LogP contribution is 2.17.